The van der Waals surface area contributed by atoms with Crippen molar-refractivity contribution in [2.24, 2.45) is 0 Å². The highest BCUT2D eigenvalue weighted by Crippen LogP contribution is 1.98. The molecule has 0 aromatic rings. The first-order valence-electron chi connectivity index (χ1n) is 3.21. The number of rotatable bonds is 4. The summed E-state index contributed by atoms with van der Waals surface area (Å²) in [5, 5.41) is 0. The van der Waals surface area contributed by atoms with Gasteiger partial charge in [0, 0.05) is 6.54 Å². The molecule has 0 bridgehead atoms. The molecule has 0 aromatic carbocycles. The fraction of sp³-hybridized carbons (Fsp3) is 0.714. The first kappa shape index (κ1) is 9.05. The van der Waals surface area contributed by atoms with Crippen LogP contribution in [0, 0.1) is 0 Å². The summed E-state index contributed by atoms with van der Waals surface area (Å²) in [6.45, 7) is 3.20. The van der Waals surface area contributed by atoms with Crippen LogP contribution in [0.25, 0.3) is 0 Å². The first-order valence-corrected chi connectivity index (χ1v) is 4.39. The number of nitrogens with zero attached hydrogens (tertiary/aromatic N) is 1. The molecule has 0 aliphatic rings. The van der Waals surface area contributed by atoms with Crippen LogP contribution in [0.15, 0.2) is 12.2 Å². The highest BCUT2D eigenvalue weighted by molar-refractivity contribution is 7.96. The van der Waals surface area contributed by atoms with Gasteiger partial charge in [-0.3, -0.25) is 4.31 Å². The van der Waals surface area contributed by atoms with Crippen LogP contribution in [0.1, 0.15) is 13.3 Å². The lowest BCUT2D eigenvalue weighted by Crippen LogP contribution is -2.06. The quantitative estimate of drug-likeness (QED) is 0.440. The minimum absolute atomic E-state index is 1.05. The van der Waals surface area contributed by atoms with E-state index in [2.05, 4.69) is 36.7 Å². The predicted molar refractivity (Wildman–Crippen MR) is 45.6 cm³/mol. The Morgan fingerprint density at radius 1 is 1.44 bits per heavy atom. The largest absolute Gasteiger partial charge is 0.250 e. The molecule has 0 radical (unpaired) electrons. The maximum Gasteiger partial charge on any atom is 0.0267 e. The van der Waals surface area contributed by atoms with E-state index in [4.69, 9.17) is 0 Å². The van der Waals surface area contributed by atoms with Crippen LogP contribution in [-0.4, -0.2) is 24.2 Å². The van der Waals surface area contributed by atoms with Crippen molar-refractivity contribution in [2.45, 2.75) is 13.3 Å². The molecule has 0 aliphatic carbocycles. The monoisotopic (exact) mass is 145 g/mol. The Labute approximate surface area is 62.3 Å². The molecule has 0 heterocycles. The van der Waals surface area contributed by atoms with Gasteiger partial charge in [0.05, 0.1) is 0 Å². The normalized spacial score (nSPS) is 11.6. The molecule has 0 fully saturated rings. The highest BCUT2D eigenvalue weighted by atomic mass is 32.2. The fourth-order valence-electron chi connectivity index (χ4n) is 0.464. The molecular formula is C7H15NS. The SMILES string of the molecule is CCC=CCN(C)SC. The Hall–Kier alpha value is 0.0500. The summed E-state index contributed by atoms with van der Waals surface area (Å²) in [6.07, 6.45) is 7.60. The summed E-state index contributed by atoms with van der Waals surface area (Å²) in [6, 6.07) is 0. The molecule has 0 aliphatic heterocycles. The predicted octanol–water partition coefficient (Wildman–Crippen LogP) is 2.16. The van der Waals surface area contributed by atoms with E-state index in [-0.39, 0.29) is 0 Å². The molecule has 0 saturated heterocycles. The van der Waals surface area contributed by atoms with E-state index in [1.54, 1.807) is 11.9 Å². The molecule has 0 amide bonds. The third-order valence-electron chi connectivity index (χ3n) is 1.08. The lowest BCUT2D eigenvalue weighted by Gasteiger charge is -2.07. The van der Waals surface area contributed by atoms with E-state index in [0.29, 0.717) is 0 Å². The van der Waals surface area contributed by atoms with E-state index < -0.39 is 0 Å². The van der Waals surface area contributed by atoms with Gasteiger partial charge in [-0.25, -0.2) is 0 Å². The minimum atomic E-state index is 1.05. The Bertz CT molecular complexity index is 81.0. The smallest absolute Gasteiger partial charge is 0.0267 e. The third-order valence-corrected chi connectivity index (χ3v) is 1.85. The molecule has 2 heteroatoms. The second-order valence-electron chi connectivity index (χ2n) is 1.87. The molecule has 0 saturated carbocycles. The summed E-state index contributed by atoms with van der Waals surface area (Å²) in [4.78, 5) is 0. The molecule has 9 heavy (non-hydrogen) atoms. The molecule has 1 nitrogen and oxygen atoms in total. The molecule has 0 atom stereocenters. The van der Waals surface area contributed by atoms with Crippen LogP contribution in [0.2, 0.25) is 0 Å². The van der Waals surface area contributed by atoms with Crippen LogP contribution in [0.5, 0.6) is 0 Å². The second kappa shape index (κ2) is 6.17. The standard InChI is InChI=1S/C7H15NS/c1-4-5-6-7-8(2)9-3/h5-6H,4,7H2,1-3H3. The Morgan fingerprint density at radius 3 is 2.56 bits per heavy atom. The van der Waals surface area contributed by atoms with Gasteiger partial charge in [-0.1, -0.05) is 31.0 Å². The Kier molecular flexibility index (Phi) is 6.21. The van der Waals surface area contributed by atoms with Gasteiger partial charge in [0.1, 0.15) is 0 Å². The van der Waals surface area contributed by atoms with Gasteiger partial charge in [-0.05, 0) is 19.7 Å². The van der Waals surface area contributed by atoms with Gasteiger partial charge in [0.2, 0.25) is 0 Å². The van der Waals surface area contributed by atoms with Crippen LogP contribution < -0.4 is 0 Å². The molecule has 54 valence electrons. The van der Waals surface area contributed by atoms with Gasteiger partial charge in [-0.15, -0.1) is 0 Å². The fourth-order valence-corrected chi connectivity index (χ4v) is 0.699. The summed E-state index contributed by atoms with van der Waals surface area (Å²) in [5.74, 6) is 0. The average Bonchev–Trinajstić information content (AvgIpc) is 1.89. The van der Waals surface area contributed by atoms with Gasteiger partial charge >= 0.3 is 0 Å². The number of hydrogen-bond donors (Lipinski definition) is 0. The summed E-state index contributed by atoms with van der Waals surface area (Å²) >= 11 is 1.76. The maximum absolute atomic E-state index is 2.19. The van der Waals surface area contributed by atoms with Crippen molar-refractivity contribution >= 4 is 11.9 Å². The van der Waals surface area contributed by atoms with Crippen LogP contribution in [-0.2, 0) is 0 Å². The van der Waals surface area contributed by atoms with E-state index in [0.717, 1.165) is 13.0 Å². The van der Waals surface area contributed by atoms with Crippen LogP contribution >= 0.6 is 11.9 Å². The third kappa shape index (κ3) is 5.93. The molecule has 0 rings (SSSR count). The van der Waals surface area contributed by atoms with Crippen molar-refractivity contribution in [3.63, 3.8) is 0 Å². The van der Waals surface area contributed by atoms with Gasteiger partial charge in [0.25, 0.3) is 0 Å². The first-order chi connectivity index (χ1) is 4.31. The van der Waals surface area contributed by atoms with Crippen LogP contribution in [0.4, 0.5) is 0 Å². The number of likely N-dealkylation sites (N-methyl/N-ethyl adjacent to an activating group) is 1. The van der Waals surface area contributed by atoms with Crippen molar-refractivity contribution in [3.8, 4) is 0 Å². The second-order valence-corrected chi connectivity index (χ2v) is 2.86. The van der Waals surface area contributed by atoms with Crippen molar-refractivity contribution in [1.29, 1.82) is 0 Å². The van der Waals surface area contributed by atoms with Crippen molar-refractivity contribution in [3.05, 3.63) is 12.2 Å². The van der Waals surface area contributed by atoms with Gasteiger partial charge in [-0.2, -0.15) is 0 Å². The number of hydrogen-bond acceptors (Lipinski definition) is 2. The topological polar surface area (TPSA) is 3.24 Å². The van der Waals surface area contributed by atoms with Crippen molar-refractivity contribution in [2.75, 3.05) is 19.8 Å². The lowest BCUT2D eigenvalue weighted by atomic mass is 10.4. The zero-order chi connectivity index (χ0) is 7.11. The summed E-state index contributed by atoms with van der Waals surface area (Å²) in [5.41, 5.74) is 0. The average molecular weight is 145 g/mol. The molecular weight excluding hydrogens is 130 g/mol. The zero-order valence-electron chi connectivity index (χ0n) is 6.42. The summed E-state index contributed by atoms with van der Waals surface area (Å²) in [7, 11) is 2.09. The number of allylic oxidation sites excluding steroid dienone is 1. The lowest BCUT2D eigenvalue weighted by molar-refractivity contribution is 0.637. The molecule has 0 spiro atoms. The van der Waals surface area contributed by atoms with Gasteiger partial charge < -0.3 is 0 Å². The maximum atomic E-state index is 2.19. The van der Waals surface area contributed by atoms with Crippen LogP contribution in [0.3, 0.4) is 0 Å². The molecule has 0 unspecified atom stereocenters. The van der Waals surface area contributed by atoms with E-state index in [9.17, 15) is 0 Å². The van der Waals surface area contributed by atoms with Gasteiger partial charge in [0.15, 0.2) is 0 Å². The Morgan fingerprint density at radius 2 is 2.11 bits per heavy atom. The minimum Gasteiger partial charge on any atom is -0.250 e. The van der Waals surface area contributed by atoms with Crippen molar-refractivity contribution < 1.29 is 0 Å². The van der Waals surface area contributed by atoms with E-state index >= 15 is 0 Å². The molecule has 0 N–H and O–H groups in total. The Balaban J connectivity index is 3.15. The summed E-state index contributed by atoms with van der Waals surface area (Å²) < 4.78 is 2.19. The zero-order valence-corrected chi connectivity index (χ0v) is 7.24. The van der Waals surface area contributed by atoms with Crippen molar-refractivity contribution in [1.82, 2.24) is 4.31 Å². The highest BCUT2D eigenvalue weighted by Gasteiger charge is 1.86. The van der Waals surface area contributed by atoms with E-state index in [1.807, 2.05) is 0 Å². The molecule has 0 aromatic heterocycles. The van der Waals surface area contributed by atoms with E-state index in [1.165, 1.54) is 0 Å².